The molecular weight excluding hydrogens is 344 g/mol. The van der Waals surface area contributed by atoms with E-state index in [9.17, 15) is 0 Å². The first-order chi connectivity index (χ1) is 12.6. The summed E-state index contributed by atoms with van der Waals surface area (Å²) >= 11 is 5.33. The summed E-state index contributed by atoms with van der Waals surface area (Å²) in [6.45, 7) is 6.92. The van der Waals surface area contributed by atoms with Crippen LogP contribution in [0.25, 0.3) is 11.4 Å². The van der Waals surface area contributed by atoms with Crippen LogP contribution in [0.1, 0.15) is 37.8 Å². The summed E-state index contributed by atoms with van der Waals surface area (Å²) in [4.78, 5) is 0. The molecule has 0 fully saturated rings. The summed E-state index contributed by atoms with van der Waals surface area (Å²) in [5, 5.41) is 11.6. The number of aromatic amines is 1. The average molecular weight is 366 g/mol. The molecule has 0 aliphatic heterocycles. The number of hydrogen-bond acceptors (Lipinski definition) is 4. The van der Waals surface area contributed by atoms with Crippen molar-refractivity contribution in [2.75, 3.05) is 6.61 Å². The van der Waals surface area contributed by atoms with Crippen molar-refractivity contribution in [1.29, 1.82) is 0 Å². The number of aromatic nitrogens is 3. The summed E-state index contributed by atoms with van der Waals surface area (Å²) in [5.74, 6) is 1.94. The molecule has 0 saturated heterocycles. The maximum absolute atomic E-state index is 5.56. The lowest BCUT2D eigenvalue weighted by Gasteiger charge is -2.06. The molecule has 1 heterocycles. The molecule has 0 aliphatic carbocycles. The predicted octanol–water partition coefficient (Wildman–Crippen LogP) is 5.01. The third kappa shape index (κ3) is 4.08. The van der Waals surface area contributed by atoms with Gasteiger partial charge in [-0.25, -0.2) is 5.10 Å². The van der Waals surface area contributed by atoms with Crippen LogP contribution < -0.4 is 4.74 Å². The highest BCUT2D eigenvalue weighted by Gasteiger charge is 2.09. The first-order valence-electron chi connectivity index (χ1n) is 8.63. The van der Waals surface area contributed by atoms with Crippen LogP contribution in [0.3, 0.4) is 0 Å². The first kappa shape index (κ1) is 18.1. The fourth-order valence-corrected chi connectivity index (χ4v) is 2.75. The Hall–Kier alpha value is -2.73. The molecule has 0 aliphatic rings. The molecule has 0 spiro atoms. The van der Waals surface area contributed by atoms with Crippen molar-refractivity contribution in [2.24, 2.45) is 5.10 Å². The molecule has 6 heteroatoms. The van der Waals surface area contributed by atoms with E-state index < -0.39 is 0 Å². The third-order valence-corrected chi connectivity index (χ3v) is 4.24. The summed E-state index contributed by atoms with van der Waals surface area (Å²) in [6, 6.07) is 16.1. The normalized spacial score (nSPS) is 11.4. The fourth-order valence-electron chi connectivity index (χ4n) is 2.57. The van der Waals surface area contributed by atoms with E-state index >= 15 is 0 Å². The van der Waals surface area contributed by atoms with Crippen molar-refractivity contribution in [1.82, 2.24) is 14.9 Å². The monoisotopic (exact) mass is 366 g/mol. The van der Waals surface area contributed by atoms with E-state index in [1.807, 2.05) is 31.2 Å². The third-order valence-electron chi connectivity index (χ3n) is 3.98. The lowest BCUT2D eigenvalue weighted by molar-refractivity contribution is 0.340. The molecule has 26 heavy (non-hydrogen) atoms. The van der Waals surface area contributed by atoms with Gasteiger partial charge in [0.15, 0.2) is 5.82 Å². The van der Waals surface area contributed by atoms with Gasteiger partial charge in [0, 0.05) is 5.56 Å². The SMILES string of the molecule is CCOc1cccc(-c2n[nH]c(=S)n2N=Cc2ccc(C(C)C)cc2)c1. The van der Waals surface area contributed by atoms with E-state index in [1.54, 1.807) is 10.9 Å². The first-order valence-corrected chi connectivity index (χ1v) is 9.04. The summed E-state index contributed by atoms with van der Waals surface area (Å²) in [7, 11) is 0. The number of hydrogen-bond donors (Lipinski definition) is 1. The van der Waals surface area contributed by atoms with Gasteiger partial charge in [-0.15, -0.1) is 0 Å². The quantitative estimate of drug-likeness (QED) is 0.493. The van der Waals surface area contributed by atoms with Gasteiger partial charge in [0.05, 0.1) is 12.8 Å². The molecule has 0 unspecified atom stereocenters. The molecule has 0 saturated carbocycles. The Labute approximate surface area is 158 Å². The van der Waals surface area contributed by atoms with Crippen molar-refractivity contribution in [2.45, 2.75) is 26.7 Å². The molecular formula is C20H22N4OS. The van der Waals surface area contributed by atoms with Crippen LogP contribution in [0.2, 0.25) is 0 Å². The number of ether oxygens (including phenoxy) is 1. The molecule has 5 nitrogen and oxygen atoms in total. The Balaban J connectivity index is 1.91. The maximum Gasteiger partial charge on any atom is 0.216 e. The van der Waals surface area contributed by atoms with Crippen LogP contribution >= 0.6 is 12.2 Å². The second-order valence-electron chi connectivity index (χ2n) is 6.19. The van der Waals surface area contributed by atoms with Crippen LogP contribution in [0.15, 0.2) is 53.6 Å². The molecule has 1 aromatic heterocycles. The molecule has 0 bridgehead atoms. The topological polar surface area (TPSA) is 55.2 Å². The second kappa shape index (κ2) is 8.10. The Bertz CT molecular complexity index is 954. The molecule has 0 atom stereocenters. The largest absolute Gasteiger partial charge is 0.494 e. The van der Waals surface area contributed by atoms with Gasteiger partial charge in [0.2, 0.25) is 4.77 Å². The summed E-state index contributed by atoms with van der Waals surface area (Å²) in [5.41, 5.74) is 3.19. The molecule has 2 aromatic carbocycles. The van der Waals surface area contributed by atoms with Crippen molar-refractivity contribution >= 4 is 18.4 Å². The predicted molar refractivity (Wildman–Crippen MR) is 108 cm³/mol. The van der Waals surface area contributed by atoms with Crippen LogP contribution in [-0.2, 0) is 0 Å². The smallest absolute Gasteiger partial charge is 0.216 e. The fraction of sp³-hybridized carbons (Fsp3) is 0.250. The van der Waals surface area contributed by atoms with Gasteiger partial charge >= 0.3 is 0 Å². The van der Waals surface area contributed by atoms with E-state index in [2.05, 4.69) is 53.4 Å². The molecule has 3 aromatic rings. The summed E-state index contributed by atoms with van der Waals surface area (Å²) in [6.07, 6.45) is 1.78. The lowest BCUT2D eigenvalue weighted by atomic mass is 10.0. The number of H-pyrrole nitrogens is 1. The minimum atomic E-state index is 0.442. The zero-order valence-corrected chi connectivity index (χ0v) is 16.0. The number of rotatable bonds is 6. The molecule has 3 rings (SSSR count). The maximum atomic E-state index is 5.56. The van der Waals surface area contributed by atoms with Gasteiger partial charge in [-0.1, -0.05) is 50.2 Å². The van der Waals surface area contributed by atoms with Crippen LogP contribution in [0.4, 0.5) is 0 Å². The number of nitrogens with zero attached hydrogens (tertiary/aromatic N) is 3. The van der Waals surface area contributed by atoms with Crippen LogP contribution in [-0.4, -0.2) is 27.7 Å². The van der Waals surface area contributed by atoms with Gasteiger partial charge in [0.1, 0.15) is 5.75 Å². The van der Waals surface area contributed by atoms with Crippen molar-refractivity contribution < 1.29 is 4.74 Å². The Morgan fingerprint density at radius 3 is 2.69 bits per heavy atom. The van der Waals surface area contributed by atoms with Crippen LogP contribution in [0.5, 0.6) is 5.75 Å². The van der Waals surface area contributed by atoms with Gasteiger partial charge in [-0.3, -0.25) is 0 Å². The van der Waals surface area contributed by atoms with E-state index in [4.69, 9.17) is 17.0 Å². The number of nitrogens with one attached hydrogen (secondary N) is 1. The highest BCUT2D eigenvalue weighted by molar-refractivity contribution is 7.71. The zero-order valence-electron chi connectivity index (χ0n) is 15.1. The van der Waals surface area contributed by atoms with Crippen molar-refractivity contribution in [3.05, 3.63) is 64.4 Å². The number of benzene rings is 2. The van der Waals surface area contributed by atoms with Gasteiger partial charge in [-0.2, -0.15) is 14.9 Å². The minimum Gasteiger partial charge on any atom is -0.494 e. The van der Waals surface area contributed by atoms with Gasteiger partial charge in [0.25, 0.3) is 0 Å². The van der Waals surface area contributed by atoms with Gasteiger partial charge < -0.3 is 4.74 Å². The zero-order chi connectivity index (χ0) is 18.5. The molecule has 134 valence electrons. The Morgan fingerprint density at radius 1 is 1.23 bits per heavy atom. The van der Waals surface area contributed by atoms with E-state index in [1.165, 1.54) is 5.56 Å². The van der Waals surface area contributed by atoms with Crippen molar-refractivity contribution in [3.8, 4) is 17.1 Å². The standard InChI is InChI=1S/C20H22N4OS/c1-4-25-18-7-5-6-17(12-18)19-22-23-20(26)24(19)21-13-15-8-10-16(11-9-15)14(2)3/h5-14H,4H2,1-3H3,(H,23,26). The molecule has 1 N–H and O–H groups in total. The Morgan fingerprint density at radius 2 is 2.00 bits per heavy atom. The summed E-state index contributed by atoms with van der Waals surface area (Å²) < 4.78 is 7.63. The second-order valence-corrected chi connectivity index (χ2v) is 6.58. The average Bonchev–Trinajstić information content (AvgIpc) is 3.01. The highest BCUT2D eigenvalue weighted by Crippen LogP contribution is 2.22. The van der Waals surface area contributed by atoms with E-state index in [0.29, 0.717) is 23.1 Å². The Kier molecular flexibility index (Phi) is 5.63. The minimum absolute atomic E-state index is 0.442. The highest BCUT2D eigenvalue weighted by atomic mass is 32.1. The molecule has 0 amide bonds. The van der Waals surface area contributed by atoms with E-state index in [0.717, 1.165) is 16.9 Å². The van der Waals surface area contributed by atoms with Crippen molar-refractivity contribution in [3.63, 3.8) is 0 Å². The van der Waals surface area contributed by atoms with E-state index in [-0.39, 0.29) is 0 Å². The molecule has 0 radical (unpaired) electrons. The van der Waals surface area contributed by atoms with Crippen LogP contribution in [0, 0.1) is 4.77 Å². The van der Waals surface area contributed by atoms with Gasteiger partial charge in [-0.05, 0) is 48.3 Å². The lowest BCUT2D eigenvalue weighted by Crippen LogP contribution is -1.96.